The molecule has 2 aromatic heterocycles. The van der Waals surface area contributed by atoms with Gasteiger partial charge < -0.3 is 5.32 Å². The zero-order chi connectivity index (χ0) is 12.1. The molecular weight excluding hydrogens is 296 g/mol. The predicted octanol–water partition coefficient (Wildman–Crippen LogP) is 3.80. The number of pyridine rings is 1. The molecule has 0 aromatic carbocycles. The Labute approximate surface area is 114 Å². The Morgan fingerprint density at radius 3 is 2.88 bits per heavy atom. The highest BCUT2D eigenvalue weighted by atomic mass is 79.9. The number of halogens is 1. The van der Waals surface area contributed by atoms with E-state index in [0.29, 0.717) is 6.04 Å². The lowest BCUT2D eigenvalue weighted by Crippen LogP contribution is -2.22. The summed E-state index contributed by atoms with van der Waals surface area (Å²) < 4.78 is 1.02. The summed E-state index contributed by atoms with van der Waals surface area (Å²) in [6.07, 6.45) is 2.78. The summed E-state index contributed by atoms with van der Waals surface area (Å²) in [5.74, 6) is 0. The SMILES string of the molecule is CCNC(Cc1ccc(Br)cn1)c1ccsc1. The predicted molar refractivity (Wildman–Crippen MR) is 76.4 cm³/mol. The molecule has 2 nitrogen and oxygen atoms in total. The van der Waals surface area contributed by atoms with Crippen molar-refractivity contribution in [1.82, 2.24) is 10.3 Å². The van der Waals surface area contributed by atoms with E-state index in [9.17, 15) is 0 Å². The number of nitrogens with one attached hydrogen (secondary N) is 1. The largest absolute Gasteiger partial charge is 0.310 e. The van der Waals surface area contributed by atoms with E-state index in [0.717, 1.165) is 23.1 Å². The number of hydrogen-bond donors (Lipinski definition) is 1. The summed E-state index contributed by atoms with van der Waals surface area (Å²) in [5.41, 5.74) is 2.46. The van der Waals surface area contributed by atoms with Crippen LogP contribution in [0.4, 0.5) is 0 Å². The molecule has 0 amide bonds. The molecule has 0 spiro atoms. The van der Waals surface area contributed by atoms with Gasteiger partial charge in [0.1, 0.15) is 0 Å². The van der Waals surface area contributed by atoms with E-state index in [1.165, 1.54) is 5.56 Å². The van der Waals surface area contributed by atoms with Crippen molar-refractivity contribution < 1.29 is 0 Å². The van der Waals surface area contributed by atoms with Crippen LogP contribution in [0, 0.1) is 0 Å². The van der Waals surface area contributed by atoms with Crippen molar-refractivity contribution in [2.24, 2.45) is 0 Å². The van der Waals surface area contributed by atoms with Crippen LogP contribution in [0.1, 0.15) is 24.2 Å². The number of rotatable bonds is 5. The number of hydrogen-bond acceptors (Lipinski definition) is 3. The van der Waals surface area contributed by atoms with E-state index in [1.54, 1.807) is 11.3 Å². The molecule has 1 unspecified atom stereocenters. The van der Waals surface area contributed by atoms with Gasteiger partial charge >= 0.3 is 0 Å². The molecule has 90 valence electrons. The summed E-state index contributed by atoms with van der Waals surface area (Å²) in [5, 5.41) is 7.82. The second-order valence-corrected chi connectivity index (χ2v) is 5.53. The third-order valence-electron chi connectivity index (χ3n) is 2.60. The van der Waals surface area contributed by atoms with Crippen LogP contribution in [0.2, 0.25) is 0 Å². The molecule has 0 bridgehead atoms. The van der Waals surface area contributed by atoms with E-state index in [4.69, 9.17) is 0 Å². The number of likely N-dealkylation sites (N-methyl/N-ethyl adjacent to an activating group) is 1. The Morgan fingerprint density at radius 2 is 2.29 bits per heavy atom. The van der Waals surface area contributed by atoms with Gasteiger partial charge in [-0.15, -0.1) is 0 Å². The Bertz CT molecular complexity index is 439. The summed E-state index contributed by atoms with van der Waals surface area (Å²) in [6, 6.07) is 6.65. The number of nitrogens with zero attached hydrogens (tertiary/aromatic N) is 1. The maximum Gasteiger partial charge on any atom is 0.0423 e. The second kappa shape index (κ2) is 6.28. The van der Waals surface area contributed by atoms with Gasteiger partial charge in [0, 0.05) is 28.8 Å². The Balaban J connectivity index is 2.10. The highest BCUT2D eigenvalue weighted by Gasteiger charge is 2.12. The lowest BCUT2D eigenvalue weighted by Gasteiger charge is -2.16. The van der Waals surface area contributed by atoms with Crippen molar-refractivity contribution in [3.8, 4) is 0 Å². The van der Waals surface area contributed by atoms with Crippen LogP contribution < -0.4 is 5.32 Å². The monoisotopic (exact) mass is 310 g/mol. The Kier molecular flexibility index (Phi) is 4.71. The normalized spacial score (nSPS) is 12.6. The first-order chi connectivity index (χ1) is 8.29. The third-order valence-corrected chi connectivity index (χ3v) is 3.77. The average molecular weight is 311 g/mol. The highest BCUT2D eigenvalue weighted by molar-refractivity contribution is 9.10. The van der Waals surface area contributed by atoms with Gasteiger partial charge in [-0.25, -0.2) is 0 Å². The Hall–Kier alpha value is -0.710. The van der Waals surface area contributed by atoms with Crippen molar-refractivity contribution in [3.05, 3.63) is 50.9 Å². The highest BCUT2D eigenvalue weighted by Crippen LogP contribution is 2.20. The van der Waals surface area contributed by atoms with Crippen LogP contribution in [-0.4, -0.2) is 11.5 Å². The summed E-state index contributed by atoms with van der Waals surface area (Å²) in [7, 11) is 0. The smallest absolute Gasteiger partial charge is 0.0423 e. The van der Waals surface area contributed by atoms with Gasteiger partial charge in [0.05, 0.1) is 0 Å². The maximum absolute atomic E-state index is 4.43. The fourth-order valence-corrected chi connectivity index (χ4v) is 2.71. The van der Waals surface area contributed by atoms with Gasteiger partial charge in [0.2, 0.25) is 0 Å². The molecule has 0 radical (unpaired) electrons. The minimum absolute atomic E-state index is 0.361. The number of thiophene rings is 1. The van der Waals surface area contributed by atoms with E-state index in [-0.39, 0.29) is 0 Å². The fourth-order valence-electron chi connectivity index (χ4n) is 1.76. The number of aromatic nitrogens is 1. The van der Waals surface area contributed by atoms with Gasteiger partial charge in [-0.3, -0.25) is 4.98 Å². The van der Waals surface area contributed by atoms with Crippen LogP contribution in [0.15, 0.2) is 39.6 Å². The lowest BCUT2D eigenvalue weighted by molar-refractivity contribution is 0.545. The molecule has 4 heteroatoms. The molecule has 1 N–H and O–H groups in total. The molecule has 2 rings (SSSR count). The molecule has 17 heavy (non-hydrogen) atoms. The van der Waals surface area contributed by atoms with Gasteiger partial charge in [0.15, 0.2) is 0 Å². The van der Waals surface area contributed by atoms with Crippen molar-refractivity contribution in [3.63, 3.8) is 0 Å². The molecule has 0 fully saturated rings. The third kappa shape index (κ3) is 3.63. The lowest BCUT2D eigenvalue weighted by atomic mass is 10.0. The maximum atomic E-state index is 4.43. The van der Waals surface area contributed by atoms with E-state index in [1.807, 2.05) is 12.3 Å². The summed E-state index contributed by atoms with van der Waals surface area (Å²) >= 11 is 5.14. The quantitative estimate of drug-likeness (QED) is 0.908. The zero-order valence-electron chi connectivity index (χ0n) is 9.69. The summed E-state index contributed by atoms with van der Waals surface area (Å²) in [4.78, 5) is 4.43. The molecule has 0 saturated carbocycles. The second-order valence-electron chi connectivity index (χ2n) is 3.84. The Morgan fingerprint density at radius 1 is 1.41 bits per heavy atom. The van der Waals surface area contributed by atoms with Gasteiger partial charge in [0.25, 0.3) is 0 Å². The molecule has 0 aliphatic heterocycles. The first-order valence-corrected chi connectivity index (χ1v) is 7.39. The topological polar surface area (TPSA) is 24.9 Å². The minimum atomic E-state index is 0.361. The van der Waals surface area contributed by atoms with Gasteiger partial charge in [-0.1, -0.05) is 6.92 Å². The van der Waals surface area contributed by atoms with Crippen LogP contribution >= 0.6 is 27.3 Å². The molecule has 2 aromatic rings. The first kappa shape index (κ1) is 12.7. The van der Waals surface area contributed by atoms with Crippen LogP contribution in [0.25, 0.3) is 0 Å². The molecular formula is C13H15BrN2S. The molecule has 0 saturated heterocycles. The van der Waals surface area contributed by atoms with Crippen LogP contribution in [-0.2, 0) is 6.42 Å². The van der Waals surface area contributed by atoms with E-state index < -0.39 is 0 Å². The van der Waals surface area contributed by atoms with E-state index >= 15 is 0 Å². The average Bonchev–Trinajstić information content (AvgIpc) is 2.85. The van der Waals surface area contributed by atoms with E-state index in [2.05, 4.69) is 56.0 Å². The summed E-state index contributed by atoms with van der Waals surface area (Å²) in [6.45, 7) is 3.10. The van der Waals surface area contributed by atoms with Gasteiger partial charge in [-0.05, 0) is 57.0 Å². The first-order valence-electron chi connectivity index (χ1n) is 5.65. The van der Waals surface area contributed by atoms with Crippen molar-refractivity contribution >= 4 is 27.3 Å². The molecule has 0 aliphatic carbocycles. The standard InChI is InChI=1S/C13H15BrN2S/c1-2-15-13(10-5-6-17-9-10)7-12-4-3-11(14)8-16-12/h3-6,8-9,13,15H,2,7H2,1H3. The minimum Gasteiger partial charge on any atom is -0.310 e. The van der Waals surface area contributed by atoms with Crippen molar-refractivity contribution in [2.45, 2.75) is 19.4 Å². The molecule has 2 heterocycles. The zero-order valence-corrected chi connectivity index (χ0v) is 12.1. The fraction of sp³-hybridized carbons (Fsp3) is 0.308. The molecule has 0 aliphatic rings. The van der Waals surface area contributed by atoms with Gasteiger partial charge in [-0.2, -0.15) is 11.3 Å². The van der Waals surface area contributed by atoms with Crippen molar-refractivity contribution in [1.29, 1.82) is 0 Å². The van der Waals surface area contributed by atoms with Crippen LogP contribution in [0.3, 0.4) is 0 Å². The van der Waals surface area contributed by atoms with Crippen molar-refractivity contribution in [2.75, 3.05) is 6.54 Å². The van der Waals surface area contributed by atoms with Crippen LogP contribution in [0.5, 0.6) is 0 Å². The molecule has 1 atom stereocenters.